The van der Waals surface area contributed by atoms with Gasteiger partial charge in [-0.3, -0.25) is 14.6 Å². The summed E-state index contributed by atoms with van der Waals surface area (Å²) in [6.45, 7) is 8.39. The van der Waals surface area contributed by atoms with Gasteiger partial charge in [-0.25, -0.2) is 0 Å². The minimum absolute atomic E-state index is 0.433. The minimum Gasteiger partial charge on any atom is -0.368 e. The Labute approximate surface area is 110 Å². The van der Waals surface area contributed by atoms with E-state index in [1.165, 1.54) is 0 Å². The molecule has 0 aromatic carbocycles. The molecule has 4 N–H and O–H groups in total. The molecule has 1 fully saturated rings. The molecule has 6 nitrogen and oxygen atoms in total. The Kier molecular flexibility index (Phi) is 5.52. The van der Waals surface area contributed by atoms with Crippen LogP contribution in [0.4, 0.5) is 0 Å². The topological polar surface area (TPSA) is 78.8 Å². The van der Waals surface area contributed by atoms with E-state index in [9.17, 15) is 4.79 Å². The Morgan fingerprint density at radius 3 is 2.17 bits per heavy atom. The molecule has 18 heavy (non-hydrogen) atoms. The summed E-state index contributed by atoms with van der Waals surface area (Å²) in [5.74, 6) is -0.433. The molecule has 1 rings (SSSR count). The molecule has 1 amide bonds. The lowest BCUT2D eigenvalue weighted by atomic mass is 10.0. The zero-order valence-electron chi connectivity index (χ0n) is 11.9. The normalized spacial score (nSPS) is 22.1. The Balaban J connectivity index is 2.29. The van der Waals surface area contributed by atoms with E-state index in [1.807, 2.05) is 0 Å². The number of amides is 1. The molecule has 0 saturated carbocycles. The summed E-state index contributed by atoms with van der Waals surface area (Å²) in [6, 6.07) is 0. The molecule has 0 bridgehead atoms. The van der Waals surface area contributed by atoms with Gasteiger partial charge >= 0.3 is 0 Å². The van der Waals surface area contributed by atoms with Gasteiger partial charge in [-0.2, -0.15) is 0 Å². The number of nitrogens with zero attached hydrogens (tertiary/aromatic N) is 3. The standard InChI is InChI=1S/C12H27N5O/c1-12(14,11(13)18)10-17-8-6-16(7-9-17)5-4-15(2)3/h4-10,14H2,1-3H3,(H2,13,18). The quantitative estimate of drug-likeness (QED) is 0.597. The molecule has 6 heteroatoms. The maximum Gasteiger partial charge on any atom is 0.238 e. The van der Waals surface area contributed by atoms with Crippen molar-refractivity contribution in [1.82, 2.24) is 14.7 Å². The van der Waals surface area contributed by atoms with Crippen LogP contribution < -0.4 is 11.5 Å². The first-order valence-electron chi connectivity index (χ1n) is 6.49. The molecule has 106 valence electrons. The van der Waals surface area contributed by atoms with E-state index in [0.717, 1.165) is 39.3 Å². The zero-order valence-corrected chi connectivity index (χ0v) is 11.9. The summed E-state index contributed by atoms with van der Waals surface area (Å²) in [4.78, 5) is 18.0. The van der Waals surface area contributed by atoms with Gasteiger partial charge in [-0.05, 0) is 21.0 Å². The number of hydrogen-bond donors (Lipinski definition) is 2. The molecule has 1 aliphatic heterocycles. The minimum atomic E-state index is -0.925. The van der Waals surface area contributed by atoms with Crippen LogP contribution >= 0.6 is 0 Å². The van der Waals surface area contributed by atoms with Gasteiger partial charge in [0.15, 0.2) is 0 Å². The molecule has 0 spiro atoms. The van der Waals surface area contributed by atoms with Gasteiger partial charge in [0.05, 0.1) is 0 Å². The zero-order chi connectivity index (χ0) is 13.8. The SMILES string of the molecule is CN(C)CCN1CCN(CC(C)(N)C(N)=O)CC1. The maximum absolute atomic E-state index is 11.2. The predicted octanol–water partition coefficient (Wildman–Crippen LogP) is -1.63. The van der Waals surface area contributed by atoms with Crippen molar-refractivity contribution in [1.29, 1.82) is 0 Å². The number of piperazine rings is 1. The smallest absolute Gasteiger partial charge is 0.238 e. The first-order valence-corrected chi connectivity index (χ1v) is 6.49. The third-order valence-electron chi connectivity index (χ3n) is 3.44. The number of nitrogens with two attached hydrogens (primary N) is 2. The largest absolute Gasteiger partial charge is 0.368 e. The van der Waals surface area contributed by atoms with Crippen molar-refractivity contribution in [3.05, 3.63) is 0 Å². The first-order chi connectivity index (χ1) is 8.31. The third-order valence-corrected chi connectivity index (χ3v) is 3.44. The maximum atomic E-state index is 11.2. The highest BCUT2D eigenvalue weighted by Gasteiger charge is 2.29. The van der Waals surface area contributed by atoms with Gasteiger partial charge in [0.25, 0.3) is 0 Å². The number of rotatable bonds is 6. The molecule has 1 unspecified atom stereocenters. The van der Waals surface area contributed by atoms with Gasteiger partial charge in [-0.15, -0.1) is 0 Å². The highest BCUT2D eigenvalue weighted by Crippen LogP contribution is 2.07. The van der Waals surface area contributed by atoms with Crippen LogP contribution in [-0.2, 0) is 4.79 Å². The summed E-state index contributed by atoms with van der Waals surface area (Å²) in [7, 11) is 4.17. The van der Waals surface area contributed by atoms with Crippen LogP contribution in [0.3, 0.4) is 0 Å². The van der Waals surface area contributed by atoms with E-state index in [2.05, 4.69) is 28.8 Å². The highest BCUT2D eigenvalue weighted by molar-refractivity contribution is 5.84. The van der Waals surface area contributed by atoms with Crippen molar-refractivity contribution in [2.45, 2.75) is 12.5 Å². The Morgan fingerprint density at radius 2 is 1.72 bits per heavy atom. The second-order valence-electron chi connectivity index (χ2n) is 5.70. The van der Waals surface area contributed by atoms with Gasteiger partial charge in [0.2, 0.25) is 5.91 Å². The van der Waals surface area contributed by atoms with Crippen molar-refractivity contribution in [2.75, 3.05) is 59.9 Å². The molecule has 0 aromatic heterocycles. The van der Waals surface area contributed by atoms with Crippen LogP contribution in [0.2, 0.25) is 0 Å². The van der Waals surface area contributed by atoms with Crippen molar-refractivity contribution in [2.24, 2.45) is 11.5 Å². The fraction of sp³-hybridized carbons (Fsp3) is 0.917. The molecule has 0 aliphatic carbocycles. The first kappa shape index (κ1) is 15.4. The Hall–Kier alpha value is -0.690. The van der Waals surface area contributed by atoms with Crippen LogP contribution in [0.15, 0.2) is 0 Å². The number of hydrogen-bond acceptors (Lipinski definition) is 5. The van der Waals surface area contributed by atoms with Crippen LogP contribution in [0.1, 0.15) is 6.92 Å². The third kappa shape index (κ3) is 4.89. The number of carbonyl (C=O) groups is 1. The fourth-order valence-corrected chi connectivity index (χ4v) is 2.05. The molecular formula is C12H27N5O. The van der Waals surface area contributed by atoms with Crippen molar-refractivity contribution in [3.8, 4) is 0 Å². The molecule has 1 atom stereocenters. The summed E-state index contributed by atoms with van der Waals surface area (Å²) >= 11 is 0. The molecule has 0 radical (unpaired) electrons. The lowest BCUT2D eigenvalue weighted by Crippen LogP contribution is -2.59. The van der Waals surface area contributed by atoms with Crippen molar-refractivity contribution in [3.63, 3.8) is 0 Å². The van der Waals surface area contributed by atoms with Gasteiger partial charge in [0, 0.05) is 45.8 Å². The monoisotopic (exact) mass is 257 g/mol. The summed E-state index contributed by atoms with van der Waals surface area (Å²) in [5.41, 5.74) is 10.3. The summed E-state index contributed by atoms with van der Waals surface area (Å²) in [6.07, 6.45) is 0. The Bertz CT molecular complexity index is 272. The lowest BCUT2D eigenvalue weighted by Gasteiger charge is -2.38. The van der Waals surface area contributed by atoms with E-state index < -0.39 is 11.4 Å². The molecule has 1 saturated heterocycles. The van der Waals surface area contributed by atoms with E-state index in [-0.39, 0.29) is 0 Å². The molecule has 1 heterocycles. The number of carbonyl (C=O) groups excluding carboxylic acids is 1. The number of primary amides is 1. The lowest BCUT2D eigenvalue weighted by molar-refractivity contribution is -0.123. The van der Waals surface area contributed by atoms with E-state index in [0.29, 0.717) is 6.54 Å². The second kappa shape index (κ2) is 6.47. The van der Waals surface area contributed by atoms with Crippen LogP contribution in [0.5, 0.6) is 0 Å². The van der Waals surface area contributed by atoms with Crippen LogP contribution in [-0.4, -0.2) is 86.1 Å². The summed E-state index contributed by atoms with van der Waals surface area (Å²) in [5, 5.41) is 0. The van der Waals surface area contributed by atoms with Crippen molar-refractivity contribution >= 4 is 5.91 Å². The Morgan fingerprint density at radius 1 is 1.22 bits per heavy atom. The molecule has 1 aliphatic rings. The van der Waals surface area contributed by atoms with Gasteiger partial charge in [0.1, 0.15) is 5.54 Å². The van der Waals surface area contributed by atoms with Crippen LogP contribution in [0.25, 0.3) is 0 Å². The van der Waals surface area contributed by atoms with E-state index in [4.69, 9.17) is 11.5 Å². The van der Waals surface area contributed by atoms with Gasteiger partial charge < -0.3 is 16.4 Å². The number of likely N-dealkylation sites (N-methyl/N-ethyl adjacent to an activating group) is 1. The predicted molar refractivity (Wildman–Crippen MR) is 73.2 cm³/mol. The fourth-order valence-electron chi connectivity index (χ4n) is 2.05. The van der Waals surface area contributed by atoms with Crippen molar-refractivity contribution < 1.29 is 4.79 Å². The van der Waals surface area contributed by atoms with E-state index in [1.54, 1.807) is 6.92 Å². The second-order valence-corrected chi connectivity index (χ2v) is 5.70. The van der Waals surface area contributed by atoms with Crippen LogP contribution in [0, 0.1) is 0 Å². The molecule has 0 aromatic rings. The summed E-state index contributed by atoms with van der Waals surface area (Å²) < 4.78 is 0. The highest BCUT2D eigenvalue weighted by atomic mass is 16.1. The van der Waals surface area contributed by atoms with E-state index >= 15 is 0 Å². The molecular weight excluding hydrogens is 230 g/mol. The average molecular weight is 257 g/mol. The average Bonchev–Trinajstić information content (AvgIpc) is 2.27. The van der Waals surface area contributed by atoms with Gasteiger partial charge in [-0.1, -0.05) is 0 Å².